The van der Waals surface area contributed by atoms with Gasteiger partial charge in [-0.3, -0.25) is 9.69 Å². The predicted octanol–water partition coefficient (Wildman–Crippen LogP) is 6.13. The molecule has 0 spiro atoms. The number of alkyl halides is 3. The van der Waals surface area contributed by atoms with E-state index in [-0.39, 0.29) is 29.6 Å². The average Bonchev–Trinajstić information content (AvgIpc) is 3.17. The van der Waals surface area contributed by atoms with Crippen LogP contribution in [0.5, 0.6) is 5.75 Å². The van der Waals surface area contributed by atoms with E-state index in [9.17, 15) is 22.8 Å². The maximum Gasteiger partial charge on any atom is 0.415 e. The summed E-state index contributed by atoms with van der Waals surface area (Å²) in [6, 6.07) is 11.0. The van der Waals surface area contributed by atoms with Gasteiger partial charge in [-0.05, 0) is 63.1 Å². The summed E-state index contributed by atoms with van der Waals surface area (Å²) in [6.07, 6.45) is -5.20. The summed E-state index contributed by atoms with van der Waals surface area (Å²) in [7, 11) is 2.88. The van der Waals surface area contributed by atoms with Crippen molar-refractivity contribution in [2.24, 2.45) is 0 Å². The van der Waals surface area contributed by atoms with Crippen molar-refractivity contribution in [1.82, 2.24) is 9.88 Å². The van der Waals surface area contributed by atoms with Crippen molar-refractivity contribution in [1.29, 1.82) is 0 Å². The van der Waals surface area contributed by atoms with Crippen LogP contribution in [0.15, 0.2) is 46.9 Å². The van der Waals surface area contributed by atoms with Gasteiger partial charge < -0.3 is 19.4 Å². The van der Waals surface area contributed by atoms with Crippen molar-refractivity contribution in [2.75, 3.05) is 25.6 Å². The molecule has 11 heteroatoms. The number of nitrogens with one attached hydrogen (secondary N) is 1. The molecule has 38 heavy (non-hydrogen) atoms. The average molecular weight is 594 g/mol. The Balaban J connectivity index is 2.06. The highest BCUT2D eigenvalue weighted by Gasteiger charge is 2.30. The third-order valence-corrected chi connectivity index (χ3v) is 5.95. The zero-order valence-electron chi connectivity index (χ0n) is 21.5. The van der Waals surface area contributed by atoms with E-state index in [4.69, 9.17) is 9.47 Å². The molecule has 0 fully saturated rings. The first kappa shape index (κ1) is 28.9. The highest BCUT2D eigenvalue weighted by Crippen LogP contribution is 2.32. The second-order valence-corrected chi connectivity index (χ2v) is 10.1. The van der Waals surface area contributed by atoms with Crippen LogP contribution in [0.25, 0.3) is 10.9 Å². The van der Waals surface area contributed by atoms with Gasteiger partial charge in [0.25, 0.3) is 5.91 Å². The number of halogens is 4. The molecule has 1 N–H and O–H groups in total. The van der Waals surface area contributed by atoms with Crippen molar-refractivity contribution >= 4 is 44.5 Å². The van der Waals surface area contributed by atoms with E-state index in [1.807, 2.05) is 0 Å². The summed E-state index contributed by atoms with van der Waals surface area (Å²) < 4.78 is 52.8. The molecule has 0 saturated heterocycles. The van der Waals surface area contributed by atoms with Gasteiger partial charge in [-0.2, -0.15) is 13.2 Å². The second-order valence-electron chi connectivity index (χ2n) is 9.24. The first-order chi connectivity index (χ1) is 17.7. The van der Waals surface area contributed by atoms with Crippen molar-refractivity contribution in [3.8, 4) is 17.6 Å². The van der Waals surface area contributed by atoms with Gasteiger partial charge in [0, 0.05) is 22.5 Å². The molecule has 0 aliphatic carbocycles. The number of nitrogens with zero attached hydrogens (tertiary/aromatic N) is 2. The highest BCUT2D eigenvalue weighted by atomic mass is 79.9. The zero-order chi connectivity index (χ0) is 28.3. The van der Waals surface area contributed by atoms with Gasteiger partial charge in [0.05, 0.1) is 30.6 Å². The quantitative estimate of drug-likeness (QED) is 0.361. The number of benzene rings is 2. The van der Waals surface area contributed by atoms with Crippen molar-refractivity contribution in [3.63, 3.8) is 0 Å². The van der Waals surface area contributed by atoms with Crippen molar-refractivity contribution in [3.05, 3.63) is 58.2 Å². The van der Waals surface area contributed by atoms with Gasteiger partial charge in [-0.25, -0.2) is 4.79 Å². The first-order valence-corrected chi connectivity index (χ1v) is 12.3. The van der Waals surface area contributed by atoms with E-state index in [0.717, 1.165) is 4.57 Å². The third kappa shape index (κ3) is 7.01. The van der Waals surface area contributed by atoms with Crippen LogP contribution < -0.4 is 15.0 Å². The van der Waals surface area contributed by atoms with Crippen LogP contribution in [0, 0.1) is 11.8 Å². The Morgan fingerprint density at radius 1 is 1.13 bits per heavy atom. The molecular weight excluding hydrogens is 567 g/mol. The van der Waals surface area contributed by atoms with Crippen LogP contribution in [0.1, 0.15) is 36.8 Å². The number of carbonyl (C=O) groups is 2. The van der Waals surface area contributed by atoms with Crippen LogP contribution in [-0.2, 0) is 11.3 Å². The molecule has 1 heterocycles. The van der Waals surface area contributed by atoms with Crippen LogP contribution >= 0.6 is 15.9 Å². The number of carbonyl (C=O) groups excluding carboxylic acids is 2. The standard InChI is InChI=1S/C27H27BrF3N3O4/c1-26(2,3)38-25(36)33(22-12-11-17(24(35)32-4)14-23(22)37-5)13-7-8-18-15-19-20(28)9-6-10-21(19)34(18)16-27(29,30)31/h6,9-12,14-15H,13,16H2,1-5H3,(H,32,35). The Bertz CT molecular complexity index is 1420. The molecule has 2 aromatic carbocycles. The van der Waals surface area contributed by atoms with Crippen LogP contribution in [0.4, 0.5) is 23.7 Å². The monoisotopic (exact) mass is 593 g/mol. The lowest BCUT2D eigenvalue weighted by atomic mass is 10.1. The molecule has 0 radical (unpaired) electrons. The topological polar surface area (TPSA) is 72.8 Å². The van der Waals surface area contributed by atoms with Gasteiger partial charge in [0.1, 0.15) is 17.9 Å². The van der Waals surface area contributed by atoms with Gasteiger partial charge >= 0.3 is 12.3 Å². The molecule has 202 valence electrons. The maximum atomic E-state index is 13.4. The van der Waals surface area contributed by atoms with Crippen LogP contribution in [0.3, 0.4) is 0 Å². The van der Waals surface area contributed by atoms with Gasteiger partial charge in [-0.15, -0.1) is 0 Å². The number of anilines is 1. The van der Waals surface area contributed by atoms with Gasteiger partial charge in [0.15, 0.2) is 0 Å². The number of fused-ring (bicyclic) bond motifs is 1. The molecule has 3 aromatic rings. The Kier molecular flexibility index (Phi) is 8.67. The van der Waals surface area contributed by atoms with Crippen molar-refractivity contribution in [2.45, 2.75) is 39.1 Å². The number of ether oxygens (including phenoxy) is 2. The minimum Gasteiger partial charge on any atom is -0.495 e. The van der Waals surface area contributed by atoms with Crippen molar-refractivity contribution < 1.29 is 32.2 Å². The molecule has 3 rings (SSSR count). The number of aromatic nitrogens is 1. The third-order valence-electron chi connectivity index (χ3n) is 5.26. The molecule has 0 aliphatic heterocycles. The minimum absolute atomic E-state index is 0.135. The number of rotatable bonds is 5. The Labute approximate surface area is 227 Å². The Morgan fingerprint density at radius 2 is 1.84 bits per heavy atom. The number of amides is 2. The Hall–Kier alpha value is -3.65. The summed E-state index contributed by atoms with van der Waals surface area (Å²) in [5.41, 5.74) is 0.267. The number of methoxy groups -OCH3 is 1. The van der Waals surface area contributed by atoms with E-state index >= 15 is 0 Å². The fraction of sp³-hybridized carbons (Fsp3) is 0.333. The SMILES string of the molecule is CNC(=O)c1ccc(N(CC#Cc2cc3c(Br)cccc3n2CC(F)(F)F)C(=O)OC(C)(C)C)c(OC)c1. The summed E-state index contributed by atoms with van der Waals surface area (Å²) in [6.45, 7) is 3.66. The van der Waals surface area contributed by atoms with Crippen LogP contribution in [0.2, 0.25) is 0 Å². The zero-order valence-corrected chi connectivity index (χ0v) is 23.1. The number of hydrogen-bond donors (Lipinski definition) is 1. The fourth-order valence-corrected chi connectivity index (χ4v) is 4.13. The lowest BCUT2D eigenvalue weighted by Gasteiger charge is -2.27. The van der Waals surface area contributed by atoms with Gasteiger partial charge in [-0.1, -0.05) is 27.9 Å². The molecule has 1 aromatic heterocycles. The largest absolute Gasteiger partial charge is 0.495 e. The van der Waals surface area contributed by atoms with Crippen LogP contribution in [-0.4, -0.2) is 49.0 Å². The lowest BCUT2D eigenvalue weighted by molar-refractivity contribution is -0.140. The molecule has 0 unspecified atom stereocenters. The van der Waals surface area contributed by atoms with E-state index < -0.39 is 24.4 Å². The predicted molar refractivity (Wildman–Crippen MR) is 143 cm³/mol. The molecule has 0 aliphatic rings. The molecule has 2 amide bonds. The molecule has 0 atom stereocenters. The summed E-state index contributed by atoms with van der Waals surface area (Å²) in [4.78, 5) is 26.4. The summed E-state index contributed by atoms with van der Waals surface area (Å²) in [5.74, 6) is 5.47. The summed E-state index contributed by atoms with van der Waals surface area (Å²) in [5, 5.41) is 3.10. The van der Waals surface area contributed by atoms with E-state index in [2.05, 4.69) is 33.1 Å². The molecule has 7 nitrogen and oxygen atoms in total. The highest BCUT2D eigenvalue weighted by molar-refractivity contribution is 9.10. The molecule has 0 bridgehead atoms. The molecular formula is C27H27BrF3N3O4. The Morgan fingerprint density at radius 3 is 2.45 bits per heavy atom. The minimum atomic E-state index is -4.47. The van der Waals surface area contributed by atoms with E-state index in [1.165, 1.54) is 37.3 Å². The maximum absolute atomic E-state index is 13.4. The van der Waals surface area contributed by atoms with Gasteiger partial charge in [0.2, 0.25) is 0 Å². The normalized spacial score (nSPS) is 11.5. The smallest absolute Gasteiger partial charge is 0.415 e. The molecule has 0 saturated carbocycles. The fourth-order valence-electron chi connectivity index (χ4n) is 3.66. The lowest BCUT2D eigenvalue weighted by Crippen LogP contribution is -2.37. The van der Waals surface area contributed by atoms with E-state index in [1.54, 1.807) is 45.0 Å². The number of hydrogen-bond acceptors (Lipinski definition) is 4. The first-order valence-electron chi connectivity index (χ1n) is 11.5. The van der Waals surface area contributed by atoms with E-state index in [0.29, 0.717) is 20.9 Å². The summed E-state index contributed by atoms with van der Waals surface area (Å²) >= 11 is 3.38. The second kappa shape index (κ2) is 11.4.